The Balaban J connectivity index is 1.67. The lowest BCUT2D eigenvalue weighted by atomic mass is 9.90. The second-order valence-electron chi connectivity index (χ2n) is 5.13. The number of piperidine rings is 1. The molecule has 1 aromatic heterocycles. The molecule has 16 heavy (non-hydrogen) atoms. The Morgan fingerprint density at radius 1 is 1.56 bits per heavy atom. The van der Waals surface area contributed by atoms with Crippen LogP contribution in [0.1, 0.15) is 42.3 Å². The molecule has 1 aromatic rings. The highest BCUT2D eigenvalue weighted by atomic mass is 32.1. The number of nitrogens with zero attached hydrogens (tertiary/aromatic N) is 1. The Morgan fingerprint density at radius 3 is 3.12 bits per heavy atom. The number of aromatic nitrogens is 1. The first-order chi connectivity index (χ1) is 7.75. The summed E-state index contributed by atoms with van der Waals surface area (Å²) in [4.78, 5) is 4.64. The molecule has 1 aliphatic heterocycles. The van der Waals surface area contributed by atoms with Gasteiger partial charge in [-0.3, -0.25) is 0 Å². The van der Waals surface area contributed by atoms with Gasteiger partial charge in [0.05, 0.1) is 16.3 Å². The number of aliphatic hydroxyl groups is 1. The molecule has 0 bridgehead atoms. The zero-order chi connectivity index (χ0) is 11.0. The molecule has 4 heteroatoms. The van der Waals surface area contributed by atoms with E-state index in [9.17, 15) is 5.11 Å². The van der Waals surface area contributed by atoms with Gasteiger partial charge in [0, 0.05) is 24.3 Å². The van der Waals surface area contributed by atoms with Crippen molar-refractivity contribution in [1.82, 2.24) is 10.3 Å². The number of hydrogen-bond donors (Lipinski definition) is 2. The summed E-state index contributed by atoms with van der Waals surface area (Å²) in [5.74, 6) is 0.734. The molecule has 2 aliphatic rings. The normalized spacial score (nSPS) is 30.6. The fourth-order valence-corrected chi connectivity index (χ4v) is 3.35. The molecule has 1 unspecified atom stereocenters. The minimum atomic E-state index is -0.562. The summed E-state index contributed by atoms with van der Waals surface area (Å²) >= 11 is 1.76. The van der Waals surface area contributed by atoms with Crippen molar-refractivity contribution in [3.8, 4) is 0 Å². The third-order valence-electron chi connectivity index (χ3n) is 3.46. The molecule has 2 heterocycles. The van der Waals surface area contributed by atoms with Gasteiger partial charge in [-0.05, 0) is 32.2 Å². The second-order valence-corrected chi connectivity index (χ2v) is 6.02. The molecule has 1 saturated heterocycles. The molecule has 0 amide bonds. The predicted octanol–water partition coefficient (Wildman–Crippen LogP) is 1.68. The number of β-amino-alcohol motifs (C(OH)–C–C–N with tert-alkyl or cyclic N) is 1. The highest BCUT2D eigenvalue weighted by Crippen LogP contribution is 2.41. The maximum absolute atomic E-state index is 10.4. The SMILES string of the molecule is OC1(Cc2csc(C3CC3)n2)CCCNC1. The van der Waals surface area contributed by atoms with Crippen LogP contribution in [0.25, 0.3) is 0 Å². The van der Waals surface area contributed by atoms with Crippen molar-refractivity contribution in [1.29, 1.82) is 0 Å². The molecule has 88 valence electrons. The molecule has 0 spiro atoms. The fraction of sp³-hybridized carbons (Fsp3) is 0.750. The molecule has 1 aliphatic carbocycles. The minimum Gasteiger partial charge on any atom is -0.388 e. The smallest absolute Gasteiger partial charge is 0.0959 e. The van der Waals surface area contributed by atoms with Crippen LogP contribution in [0.4, 0.5) is 0 Å². The van der Waals surface area contributed by atoms with E-state index in [2.05, 4.69) is 15.7 Å². The maximum Gasteiger partial charge on any atom is 0.0959 e. The van der Waals surface area contributed by atoms with Crippen molar-refractivity contribution >= 4 is 11.3 Å². The van der Waals surface area contributed by atoms with Gasteiger partial charge in [0.1, 0.15) is 0 Å². The quantitative estimate of drug-likeness (QED) is 0.842. The summed E-state index contributed by atoms with van der Waals surface area (Å²) in [6.07, 6.45) is 5.28. The number of thiazole rings is 1. The van der Waals surface area contributed by atoms with Gasteiger partial charge >= 0.3 is 0 Å². The molecule has 1 saturated carbocycles. The van der Waals surface area contributed by atoms with Gasteiger partial charge in [-0.2, -0.15) is 0 Å². The maximum atomic E-state index is 10.4. The first-order valence-corrected chi connectivity index (χ1v) is 7.01. The topological polar surface area (TPSA) is 45.2 Å². The molecule has 1 atom stereocenters. The molecule has 2 fully saturated rings. The van der Waals surface area contributed by atoms with E-state index >= 15 is 0 Å². The van der Waals surface area contributed by atoms with Gasteiger partial charge < -0.3 is 10.4 Å². The van der Waals surface area contributed by atoms with Gasteiger partial charge in [-0.25, -0.2) is 4.98 Å². The van der Waals surface area contributed by atoms with Gasteiger partial charge in [-0.15, -0.1) is 11.3 Å². The van der Waals surface area contributed by atoms with Crippen LogP contribution in [-0.2, 0) is 6.42 Å². The lowest BCUT2D eigenvalue weighted by Crippen LogP contribution is -2.47. The Kier molecular flexibility index (Phi) is 2.73. The van der Waals surface area contributed by atoms with E-state index in [1.165, 1.54) is 17.8 Å². The summed E-state index contributed by atoms with van der Waals surface area (Å²) in [6, 6.07) is 0. The van der Waals surface area contributed by atoms with Crippen molar-refractivity contribution in [3.63, 3.8) is 0 Å². The summed E-state index contributed by atoms with van der Waals surface area (Å²) < 4.78 is 0. The van der Waals surface area contributed by atoms with Crippen LogP contribution >= 0.6 is 11.3 Å². The van der Waals surface area contributed by atoms with E-state index in [-0.39, 0.29) is 0 Å². The third kappa shape index (κ3) is 2.29. The Hall–Kier alpha value is -0.450. The molecule has 3 nitrogen and oxygen atoms in total. The molecule has 0 aromatic carbocycles. The van der Waals surface area contributed by atoms with Gasteiger partial charge in [-0.1, -0.05) is 0 Å². The van der Waals surface area contributed by atoms with Crippen LogP contribution < -0.4 is 5.32 Å². The largest absolute Gasteiger partial charge is 0.388 e. The monoisotopic (exact) mass is 238 g/mol. The van der Waals surface area contributed by atoms with Gasteiger partial charge in [0.25, 0.3) is 0 Å². The van der Waals surface area contributed by atoms with Gasteiger partial charge in [0.2, 0.25) is 0 Å². The number of hydrogen-bond acceptors (Lipinski definition) is 4. The van der Waals surface area contributed by atoms with Crippen LogP contribution in [-0.4, -0.2) is 28.8 Å². The summed E-state index contributed by atoms with van der Waals surface area (Å²) in [7, 11) is 0. The third-order valence-corrected chi connectivity index (χ3v) is 4.51. The first kappa shape index (κ1) is 10.7. The lowest BCUT2D eigenvalue weighted by molar-refractivity contribution is 0.0162. The first-order valence-electron chi connectivity index (χ1n) is 6.13. The second kappa shape index (κ2) is 4.09. The highest BCUT2D eigenvalue weighted by molar-refractivity contribution is 7.09. The van der Waals surface area contributed by atoms with Gasteiger partial charge in [0.15, 0.2) is 0 Å². The highest BCUT2D eigenvalue weighted by Gasteiger charge is 2.31. The van der Waals surface area contributed by atoms with E-state index in [0.717, 1.165) is 31.0 Å². The van der Waals surface area contributed by atoms with E-state index < -0.39 is 5.60 Å². The summed E-state index contributed by atoms with van der Waals surface area (Å²) in [6.45, 7) is 1.75. The van der Waals surface area contributed by atoms with Crippen molar-refractivity contribution < 1.29 is 5.11 Å². The molecular formula is C12H18N2OS. The lowest BCUT2D eigenvalue weighted by Gasteiger charge is -2.32. The van der Waals surface area contributed by atoms with E-state index in [1.807, 2.05) is 0 Å². The number of rotatable bonds is 3. The molecule has 3 rings (SSSR count). The average Bonchev–Trinajstić information content (AvgIpc) is 3.02. The van der Waals surface area contributed by atoms with Crippen LogP contribution in [0, 0.1) is 0 Å². The number of nitrogens with one attached hydrogen (secondary N) is 1. The Morgan fingerprint density at radius 2 is 2.44 bits per heavy atom. The molecule has 2 N–H and O–H groups in total. The van der Waals surface area contributed by atoms with Crippen LogP contribution in [0.3, 0.4) is 0 Å². The minimum absolute atomic E-state index is 0.562. The van der Waals surface area contributed by atoms with Crippen molar-refractivity contribution in [2.75, 3.05) is 13.1 Å². The summed E-state index contributed by atoms with van der Waals surface area (Å²) in [5, 5.41) is 17.1. The van der Waals surface area contributed by atoms with E-state index in [0.29, 0.717) is 13.0 Å². The zero-order valence-corrected chi connectivity index (χ0v) is 10.2. The standard InChI is InChI=1S/C12H18N2OS/c15-12(4-1-5-13-8-12)6-10-7-16-11(14-10)9-2-3-9/h7,9,13,15H,1-6,8H2. The average molecular weight is 238 g/mol. The summed E-state index contributed by atoms with van der Waals surface area (Å²) in [5.41, 5.74) is 0.519. The van der Waals surface area contributed by atoms with Crippen molar-refractivity contribution in [2.45, 2.75) is 43.6 Å². The van der Waals surface area contributed by atoms with E-state index in [1.54, 1.807) is 11.3 Å². The Bertz CT molecular complexity index is 367. The van der Waals surface area contributed by atoms with Crippen molar-refractivity contribution in [3.05, 3.63) is 16.1 Å². The van der Waals surface area contributed by atoms with Crippen LogP contribution in [0.2, 0.25) is 0 Å². The molecule has 0 radical (unpaired) electrons. The zero-order valence-electron chi connectivity index (χ0n) is 9.41. The Labute approximate surface area is 99.9 Å². The predicted molar refractivity (Wildman–Crippen MR) is 64.8 cm³/mol. The fourth-order valence-electron chi connectivity index (χ4n) is 2.36. The van der Waals surface area contributed by atoms with Crippen LogP contribution in [0.15, 0.2) is 5.38 Å². The van der Waals surface area contributed by atoms with Crippen LogP contribution in [0.5, 0.6) is 0 Å². The van der Waals surface area contributed by atoms with E-state index in [4.69, 9.17) is 0 Å². The van der Waals surface area contributed by atoms with Crippen molar-refractivity contribution in [2.24, 2.45) is 0 Å². The molecular weight excluding hydrogens is 220 g/mol.